The van der Waals surface area contributed by atoms with Crippen LogP contribution in [-0.2, 0) is 16.1 Å². The van der Waals surface area contributed by atoms with Crippen LogP contribution in [0, 0.1) is 13.8 Å². The smallest absolute Gasteiger partial charge is 0.318 e. The molecule has 1 aromatic rings. The third-order valence-electron chi connectivity index (χ3n) is 4.82. The largest absolute Gasteiger partial charge is 0.380 e. The zero-order valence-corrected chi connectivity index (χ0v) is 15.7. The summed E-state index contributed by atoms with van der Waals surface area (Å²) in [5.74, 6) is -0.0154. The van der Waals surface area contributed by atoms with E-state index in [0.29, 0.717) is 26.2 Å². The second-order valence-electron chi connectivity index (χ2n) is 6.61. The van der Waals surface area contributed by atoms with Gasteiger partial charge in [-0.25, -0.2) is 4.79 Å². The van der Waals surface area contributed by atoms with Gasteiger partial charge in [0.1, 0.15) is 6.54 Å². The minimum atomic E-state index is -0.199. The highest BCUT2D eigenvalue weighted by Crippen LogP contribution is 2.14. The molecule has 6 nitrogen and oxygen atoms in total. The highest BCUT2D eigenvalue weighted by atomic mass is 16.5. The number of hydrogen-bond donors (Lipinski definition) is 1. The monoisotopic (exact) mass is 347 g/mol. The fourth-order valence-corrected chi connectivity index (χ4v) is 2.88. The fourth-order valence-electron chi connectivity index (χ4n) is 2.88. The van der Waals surface area contributed by atoms with Crippen LogP contribution < -0.4 is 5.32 Å². The Morgan fingerprint density at radius 1 is 1.28 bits per heavy atom. The highest BCUT2D eigenvalue weighted by Gasteiger charge is 2.27. The standard InChI is InChI=1S/C19H29N3O3/c1-5-17(25-4)11-20-19(24)22-9-8-21(18(23)13-22)12-16-7-6-14(2)15(3)10-16/h6-7,10,17H,5,8-9,11-13H2,1-4H3,(H,20,24)/t17-/m0/s1. The lowest BCUT2D eigenvalue weighted by Gasteiger charge is -2.34. The molecule has 138 valence electrons. The fraction of sp³-hybridized carbons (Fsp3) is 0.579. The molecule has 0 radical (unpaired) electrons. The summed E-state index contributed by atoms with van der Waals surface area (Å²) >= 11 is 0. The van der Waals surface area contributed by atoms with Gasteiger partial charge in [-0.2, -0.15) is 0 Å². The minimum absolute atomic E-state index is 0.00529. The molecule has 1 fully saturated rings. The van der Waals surface area contributed by atoms with Gasteiger partial charge in [0.15, 0.2) is 0 Å². The molecule has 1 aromatic carbocycles. The van der Waals surface area contributed by atoms with Gasteiger partial charge in [0.05, 0.1) is 6.10 Å². The van der Waals surface area contributed by atoms with Crippen molar-refractivity contribution >= 4 is 11.9 Å². The Balaban J connectivity index is 1.86. The highest BCUT2D eigenvalue weighted by molar-refractivity contribution is 5.85. The van der Waals surface area contributed by atoms with Crippen molar-refractivity contribution in [3.63, 3.8) is 0 Å². The van der Waals surface area contributed by atoms with Crippen LogP contribution in [0.1, 0.15) is 30.0 Å². The first kappa shape index (κ1) is 19.2. The summed E-state index contributed by atoms with van der Waals surface area (Å²) in [7, 11) is 1.63. The van der Waals surface area contributed by atoms with Crippen molar-refractivity contribution in [1.29, 1.82) is 0 Å². The number of nitrogens with one attached hydrogen (secondary N) is 1. The molecule has 1 N–H and O–H groups in total. The molecule has 0 spiro atoms. The van der Waals surface area contributed by atoms with Crippen LogP contribution in [0.5, 0.6) is 0 Å². The summed E-state index contributed by atoms with van der Waals surface area (Å²) in [4.78, 5) is 28.0. The molecule has 0 saturated carbocycles. The van der Waals surface area contributed by atoms with E-state index in [0.717, 1.165) is 12.0 Å². The summed E-state index contributed by atoms with van der Waals surface area (Å²) in [6.45, 7) is 8.45. The van der Waals surface area contributed by atoms with E-state index in [9.17, 15) is 9.59 Å². The summed E-state index contributed by atoms with van der Waals surface area (Å²) in [5, 5.41) is 2.84. The number of hydrogen-bond acceptors (Lipinski definition) is 3. The van der Waals surface area contributed by atoms with Gasteiger partial charge in [0.25, 0.3) is 0 Å². The third kappa shape index (κ3) is 5.19. The summed E-state index contributed by atoms with van der Waals surface area (Å²) in [6.07, 6.45) is 0.838. The van der Waals surface area contributed by atoms with Crippen molar-refractivity contribution in [2.24, 2.45) is 0 Å². The molecule has 1 atom stereocenters. The average Bonchev–Trinajstić information content (AvgIpc) is 2.60. The Kier molecular flexibility index (Phi) is 6.82. The number of urea groups is 1. The molecule has 1 aliphatic rings. The Morgan fingerprint density at radius 3 is 2.64 bits per heavy atom. The number of carbonyl (C=O) groups is 2. The second kappa shape index (κ2) is 8.85. The molecular weight excluding hydrogens is 318 g/mol. The number of carbonyl (C=O) groups excluding carboxylic acids is 2. The summed E-state index contributed by atoms with van der Waals surface area (Å²) in [6, 6.07) is 6.06. The molecule has 3 amide bonds. The van der Waals surface area contributed by atoms with Gasteiger partial charge < -0.3 is 19.9 Å². The van der Waals surface area contributed by atoms with Gasteiger partial charge in [-0.05, 0) is 37.0 Å². The van der Waals surface area contributed by atoms with Crippen LogP contribution in [-0.4, -0.2) is 61.1 Å². The lowest BCUT2D eigenvalue weighted by Crippen LogP contribution is -2.55. The van der Waals surface area contributed by atoms with Gasteiger partial charge in [0.2, 0.25) is 5.91 Å². The first-order chi connectivity index (χ1) is 11.9. The Labute approximate surface area is 150 Å². The number of rotatable bonds is 6. The van der Waals surface area contributed by atoms with Crippen LogP contribution >= 0.6 is 0 Å². The summed E-state index contributed by atoms with van der Waals surface area (Å²) in [5.41, 5.74) is 3.60. The van der Waals surface area contributed by atoms with Gasteiger partial charge in [-0.3, -0.25) is 4.79 Å². The van der Waals surface area contributed by atoms with Crippen molar-refractivity contribution in [3.8, 4) is 0 Å². The van der Waals surface area contributed by atoms with Crippen molar-refractivity contribution in [1.82, 2.24) is 15.1 Å². The van der Waals surface area contributed by atoms with E-state index in [1.54, 1.807) is 12.0 Å². The van der Waals surface area contributed by atoms with E-state index in [-0.39, 0.29) is 24.6 Å². The number of piperazine rings is 1. The maximum absolute atomic E-state index is 12.4. The van der Waals surface area contributed by atoms with Gasteiger partial charge in [0, 0.05) is 33.3 Å². The predicted octanol–water partition coefficient (Wildman–Crippen LogP) is 2.08. The minimum Gasteiger partial charge on any atom is -0.380 e. The molecule has 1 heterocycles. The number of aryl methyl sites for hydroxylation is 2. The van der Waals surface area contributed by atoms with Crippen molar-refractivity contribution in [2.75, 3.05) is 33.3 Å². The zero-order valence-electron chi connectivity index (χ0n) is 15.7. The third-order valence-corrected chi connectivity index (χ3v) is 4.82. The Hall–Kier alpha value is -2.08. The summed E-state index contributed by atoms with van der Waals surface area (Å²) < 4.78 is 5.25. The Bertz CT molecular complexity index is 614. The molecule has 0 unspecified atom stereocenters. The normalized spacial score (nSPS) is 16.1. The van der Waals surface area contributed by atoms with E-state index < -0.39 is 0 Å². The quantitative estimate of drug-likeness (QED) is 0.857. The predicted molar refractivity (Wildman–Crippen MR) is 97.4 cm³/mol. The van der Waals surface area contributed by atoms with Crippen LogP contribution in [0.2, 0.25) is 0 Å². The van der Waals surface area contributed by atoms with Gasteiger partial charge in [-0.15, -0.1) is 0 Å². The van der Waals surface area contributed by atoms with Crippen LogP contribution in [0.25, 0.3) is 0 Å². The Morgan fingerprint density at radius 2 is 2.04 bits per heavy atom. The second-order valence-corrected chi connectivity index (χ2v) is 6.61. The van der Waals surface area contributed by atoms with Crippen LogP contribution in [0.15, 0.2) is 18.2 Å². The van der Waals surface area contributed by atoms with Crippen LogP contribution in [0.4, 0.5) is 4.79 Å². The molecule has 1 saturated heterocycles. The van der Waals surface area contributed by atoms with Gasteiger partial charge in [-0.1, -0.05) is 25.1 Å². The molecule has 6 heteroatoms. The number of methoxy groups -OCH3 is 1. The number of nitrogens with zero attached hydrogens (tertiary/aromatic N) is 2. The van der Waals surface area contributed by atoms with E-state index in [4.69, 9.17) is 4.74 Å². The van der Waals surface area contributed by atoms with Crippen LogP contribution in [0.3, 0.4) is 0 Å². The molecule has 25 heavy (non-hydrogen) atoms. The molecule has 2 rings (SSSR count). The molecule has 1 aliphatic heterocycles. The molecule has 0 bridgehead atoms. The lowest BCUT2D eigenvalue weighted by atomic mass is 10.1. The molecular formula is C19H29N3O3. The number of ether oxygens (including phenoxy) is 1. The number of benzene rings is 1. The maximum Gasteiger partial charge on any atom is 0.318 e. The van der Waals surface area contributed by atoms with E-state index in [2.05, 4.69) is 37.4 Å². The van der Waals surface area contributed by atoms with E-state index in [1.165, 1.54) is 11.1 Å². The van der Waals surface area contributed by atoms with Crippen molar-refractivity contribution in [3.05, 3.63) is 34.9 Å². The van der Waals surface area contributed by atoms with Gasteiger partial charge >= 0.3 is 6.03 Å². The first-order valence-corrected chi connectivity index (χ1v) is 8.84. The maximum atomic E-state index is 12.4. The first-order valence-electron chi connectivity index (χ1n) is 8.84. The average molecular weight is 347 g/mol. The van der Waals surface area contributed by atoms with Crippen molar-refractivity contribution in [2.45, 2.75) is 39.8 Å². The van der Waals surface area contributed by atoms with E-state index >= 15 is 0 Å². The van der Waals surface area contributed by atoms with Crippen molar-refractivity contribution < 1.29 is 14.3 Å². The SMILES string of the molecule is CC[C@@H](CNC(=O)N1CCN(Cc2ccc(C)c(C)c2)C(=O)C1)OC. The lowest BCUT2D eigenvalue weighted by molar-refractivity contribution is -0.135. The molecule has 0 aromatic heterocycles. The zero-order chi connectivity index (χ0) is 18.4. The number of amides is 3. The molecule has 0 aliphatic carbocycles. The van der Waals surface area contributed by atoms with E-state index in [1.807, 2.05) is 11.8 Å². The topological polar surface area (TPSA) is 61.9 Å².